The van der Waals surface area contributed by atoms with Gasteiger partial charge in [-0.1, -0.05) is 36.4 Å². The van der Waals surface area contributed by atoms with Crippen LogP contribution in [0.4, 0.5) is 0 Å². The molecule has 0 atom stereocenters. The maximum Gasteiger partial charge on any atom is 0.328 e. The first-order valence-electron chi connectivity index (χ1n) is 6.95. The third-order valence-electron chi connectivity index (χ3n) is 3.37. The van der Waals surface area contributed by atoms with Crippen LogP contribution >= 0.6 is 0 Å². The van der Waals surface area contributed by atoms with E-state index in [9.17, 15) is 9.90 Å². The molecule has 0 fully saturated rings. The van der Waals surface area contributed by atoms with E-state index in [0.29, 0.717) is 17.7 Å². The zero-order valence-corrected chi connectivity index (χ0v) is 12.3. The SMILES string of the molecule is COc1cc(/C(=C/C(=O)O)CCc2ccccc2)ccc1O. The molecule has 0 heterocycles. The number of hydrogen-bond acceptors (Lipinski definition) is 3. The molecule has 114 valence electrons. The van der Waals surface area contributed by atoms with Gasteiger partial charge < -0.3 is 14.9 Å². The Labute approximate surface area is 129 Å². The molecule has 0 saturated heterocycles. The van der Waals surface area contributed by atoms with Crippen LogP contribution < -0.4 is 4.74 Å². The number of phenolic OH excluding ortho intramolecular Hbond substituents is 1. The van der Waals surface area contributed by atoms with Gasteiger partial charge in [0.15, 0.2) is 11.5 Å². The van der Waals surface area contributed by atoms with E-state index in [4.69, 9.17) is 9.84 Å². The average Bonchev–Trinajstić information content (AvgIpc) is 2.52. The molecule has 0 amide bonds. The number of benzene rings is 2. The van der Waals surface area contributed by atoms with E-state index in [1.807, 2.05) is 30.3 Å². The van der Waals surface area contributed by atoms with E-state index in [2.05, 4.69) is 0 Å². The number of carbonyl (C=O) groups is 1. The minimum Gasteiger partial charge on any atom is -0.504 e. The first-order chi connectivity index (χ1) is 10.6. The summed E-state index contributed by atoms with van der Waals surface area (Å²) in [4.78, 5) is 11.1. The molecule has 0 spiro atoms. The lowest BCUT2D eigenvalue weighted by Crippen LogP contribution is -1.96. The Morgan fingerprint density at radius 2 is 1.91 bits per heavy atom. The third-order valence-corrected chi connectivity index (χ3v) is 3.37. The van der Waals surface area contributed by atoms with Gasteiger partial charge in [-0.3, -0.25) is 0 Å². The third kappa shape index (κ3) is 4.12. The van der Waals surface area contributed by atoms with Crippen LogP contribution in [0.3, 0.4) is 0 Å². The van der Waals surface area contributed by atoms with Gasteiger partial charge in [0.05, 0.1) is 7.11 Å². The molecule has 0 aliphatic carbocycles. The number of ether oxygens (including phenoxy) is 1. The highest BCUT2D eigenvalue weighted by atomic mass is 16.5. The lowest BCUT2D eigenvalue weighted by Gasteiger charge is -2.10. The van der Waals surface area contributed by atoms with Gasteiger partial charge in [-0.2, -0.15) is 0 Å². The predicted molar refractivity (Wildman–Crippen MR) is 85.0 cm³/mol. The average molecular weight is 298 g/mol. The molecule has 2 N–H and O–H groups in total. The smallest absolute Gasteiger partial charge is 0.328 e. The van der Waals surface area contributed by atoms with Gasteiger partial charge >= 0.3 is 5.97 Å². The van der Waals surface area contributed by atoms with Crippen LogP contribution in [-0.4, -0.2) is 23.3 Å². The summed E-state index contributed by atoms with van der Waals surface area (Å²) in [7, 11) is 1.46. The number of carboxylic acids is 1. The van der Waals surface area contributed by atoms with Crippen molar-refractivity contribution in [2.45, 2.75) is 12.8 Å². The van der Waals surface area contributed by atoms with Crippen LogP contribution in [0, 0.1) is 0 Å². The number of carboxylic acid groups (broad SMARTS) is 1. The summed E-state index contributed by atoms with van der Waals surface area (Å²) in [6.07, 6.45) is 2.53. The van der Waals surface area contributed by atoms with Crippen LogP contribution in [0.1, 0.15) is 17.5 Å². The van der Waals surface area contributed by atoms with Crippen molar-refractivity contribution in [3.8, 4) is 11.5 Å². The standard InChI is InChI=1S/C18H18O4/c1-22-17-11-14(9-10-16(17)19)15(12-18(20)21)8-7-13-5-3-2-4-6-13/h2-6,9-12,19H,7-8H2,1H3,(H,20,21)/b15-12+. The van der Waals surface area contributed by atoms with Crippen LogP contribution in [-0.2, 0) is 11.2 Å². The van der Waals surface area contributed by atoms with E-state index in [0.717, 1.165) is 17.5 Å². The minimum atomic E-state index is -0.991. The van der Waals surface area contributed by atoms with Crippen LogP contribution in [0.2, 0.25) is 0 Å². The van der Waals surface area contributed by atoms with Crippen molar-refractivity contribution in [2.75, 3.05) is 7.11 Å². The Balaban J connectivity index is 2.25. The molecule has 2 rings (SSSR count). The summed E-state index contributed by atoms with van der Waals surface area (Å²) in [5, 5.41) is 18.7. The minimum absolute atomic E-state index is 0.0315. The van der Waals surface area contributed by atoms with Crippen molar-refractivity contribution in [3.05, 3.63) is 65.7 Å². The molecule has 4 heteroatoms. The number of hydrogen-bond donors (Lipinski definition) is 2. The molecule has 0 radical (unpaired) electrons. The Morgan fingerprint density at radius 3 is 2.55 bits per heavy atom. The molecule has 0 aliphatic heterocycles. The molecule has 4 nitrogen and oxygen atoms in total. The molecule has 2 aromatic rings. The number of rotatable bonds is 6. The van der Waals surface area contributed by atoms with E-state index >= 15 is 0 Å². The Bertz CT molecular complexity index is 675. The second-order valence-electron chi connectivity index (χ2n) is 4.88. The fourth-order valence-corrected chi connectivity index (χ4v) is 2.25. The fourth-order valence-electron chi connectivity index (χ4n) is 2.25. The van der Waals surface area contributed by atoms with E-state index in [1.54, 1.807) is 12.1 Å². The van der Waals surface area contributed by atoms with Gasteiger partial charge in [-0.15, -0.1) is 0 Å². The van der Waals surface area contributed by atoms with Gasteiger partial charge in [0, 0.05) is 6.08 Å². The molecule has 0 unspecified atom stereocenters. The monoisotopic (exact) mass is 298 g/mol. The number of allylic oxidation sites excluding steroid dienone is 1. The fraction of sp³-hybridized carbons (Fsp3) is 0.167. The number of aliphatic carboxylic acids is 1. The van der Waals surface area contributed by atoms with Crippen LogP contribution in [0.25, 0.3) is 5.57 Å². The summed E-state index contributed by atoms with van der Waals surface area (Å²) in [6.45, 7) is 0. The molecular weight excluding hydrogens is 280 g/mol. The Kier molecular flexibility index (Phi) is 5.20. The van der Waals surface area contributed by atoms with Gasteiger partial charge in [0.1, 0.15) is 0 Å². The normalized spacial score (nSPS) is 11.2. The number of aromatic hydroxyl groups is 1. The summed E-state index contributed by atoms with van der Waals surface area (Å²) in [5.74, 6) is -0.632. The van der Waals surface area contributed by atoms with Crippen LogP contribution in [0.5, 0.6) is 11.5 Å². The highest BCUT2D eigenvalue weighted by molar-refractivity contribution is 5.90. The van der Waals surface area contributed by atoms with E-state index in [-0.39, 0.29) is 5.75 Å². The Morgan fingerprint density at radius 1 is 1.18 bits per heavy atom. The molecule has 0 bridgehead atoms. The second kappa shape index (κ2) is 7.31. The van der Waals surface area contributed by atoms with Crippen molar-refractivity contribution in [3.63, 3.8) is 0 Å². The zero-order valence-electron chi connectivity index (χ0n) is 12.3. The maximum atomic E-state index is 11.1. The molecule has 0 saturated carbocycles. The largest absolute Gasteiger partial charge is 0.504 e. The Hall–Kier alpha value is -2.75. The van der Waals surface area contributed by atoms with Crippen LogP contribution in [0.15, 0.2) is 54.6 Å². The molecule has 0 aliphatic rings. The highest BCUT2D eigenvalue weighted by Crippen LogP contribution is 2.31. The topological polar surface area (TPSA) is 66.8 Å². The van der Waals surface area contributed by atoms with Gasteiger partial charge in [-0.05, 0) is 41.7 Å². The van der Waals surface area contributed by atoms with Gasteiger partial charge in [-0.25, -0.2) is 4.79 Å². The maximum absolute atomic E-state index is 11.1. The molecule has 22 heavy (non-hydrogen) atoms. The lowest BCUT2D eigenvalue weighted by molar-refractivity contribution is -0.131. The number of methoxy groups -OCH3 is 1. The van der Waals surface area contributed by atoms with Gasteiger partial charge in [0.25, 0.3) is 0 Å². The zero-order chi connectivity index (χ0) is 15.9. The van der Waals surface area contributed by atoms with Crippen molar-refractivity contribution >= 4 is 11.5 Å². The quantitative estimate of drug-likeness (QED) is 0.801. The number of aryl methyl sites for hydroxylation is 1. The van der Waals surface area contributed by atoms with Crippen molar-refractivity contribution in [1.29, 1.82) is 0 Å². The van der Waals surface area contributed by atoms with E-state index in [1.165, 1.54) is 19.3 Å². The predicted octanol–water partition coefficient (Wildman–Crippen LogP) is 3.50. The lowest BCUT2D eigenvalue weighted by atomic mass is 9.97. The molecule has 2 aromatic carbocycles. The molecular formula is C18H18O4. The number of phenols is 1. The first kappa shape index (κ1) is 15.6. The van der Waals surface area contributed by atoms with Crippen molar-refractivity contribution in [1.82, 2.24) is 0 Å². The van der Waals surface area contributed by atoms with Crippen molar-refractivity contribution < 1.29 is 19.7 Å². The summed E-state index contributed by atoms with van der Waals surface area (Å²) >= 11 is 0. The van der Waals surface area contributed by atoms with Gasteiger partial charge in [0.2, 0.25) is 0 Å². The summed E-state index contributed by atoms with van der Waals surface area (Å²) < 4.78 is 5.08. The second-order valence-corrected chi connectivity index (χ2v) is 4.88. The highest BCUT2D eigenvalue weighted by Gasteiger charge is 2.09. The first-order valence-corrected chi connectivity index (χ1v) is 6.95. The summed E-state index contributed by atoms with van der Waals surface area (Å²) in [6, 6.07) is 14.7. The summed E-state index contributed by atoms with van der Waals surface area (Å²) in [5.41, 5.74) is 2.56. The van der Waals surface area contributed by atoms with Crippen molar-refractivity contribution in [2.24, 2.45) is 0 Å². The van der Waals surface area contributed by atoms with E-state index < -0.39 is 5.97 Å². The molecule has 0 aromatic heterocycles.